The summed E-state index contributed by atoms with van der Waals surface area (Å²) in [4.78, 5) is 46.2. The van der Waals surface area contributed by atoms with Gasteiger partial charge in [-0.15, -0.1) is 0 Å². The van der Waals surface area contributed by atoms with Gasteiger partial charge in [0, 0.05) is 13.1 Å². The van der Waals surface area contributed by atoms with E-state index in [2.05, 4.69) is 0 Å². The number of aromatic hydroxyl groups is 2. The Bertz CT molecular complexity index is 1590. The fraction of sp³-hybridized carbons (Fsp3) is 0.200. The molecule has 0 atom stereocenters. The van der Waals surface area contributed by atoms with Gasteiger partial charge >= 0.3 is 5.97 Å². The van der Waals surface area contributed by atoms with E-state index in [1.807, 2.05) is 0 Å². The monoisotopic (exact) mass is 561 g/mol. The second-order valence-electron chi connectivity index (χ2n) is 8.96. The topological polar surface area (TPSA) is 160 Å². The average Bonchev–Trinajstić information content (AvgIpc) is 2.99. The number of hydrogen-bond acceptors (Lipinski definition) is 9. The number of carboxylic acids is 1. The van der Waals surface area contributed by atoms with Crippen LogP contribution >= 0.6 is 0 Å². The van der Waals surface area contributed by atoms with Gasteiger partial charge in [0.15, 0.2) is 25.8 Å². The maximum Gasteiger partial charge on any atom is 0.341 e. The number of ether oxygens (including phenoxy) is 3. The van der Waals surface area contributed by atoms with Gasteiger partial charge in [0.2, 0.25) is 0 Å². The van der Waals surface area contributed by atoms with E-state index in [0.717, 1.165) is 10.8 Å². The smallest absolute Gasteiger partial charge is 0.341 e. The van der Waals surface area contributed by atoms with Crippen LogP contribution in [0.2, 0.25) is 0 Å². The number of nitrogens with zero attached hydrogens (tertiary/aromatic N) is 1. The molecule has 0 spiro atoms. The van der Waals surface area contributed by atoms with Crippen molar-refractivity contribution in [3.63, 3.8) is 0 Å². The fourth-order valence-corrected chi connectivity index (χ4v) is 4.24. The first-order valence-electron chi connectivity index (χ1n) is 12.6. The van der Waals surface area contributed by atoms with Gasteiger partial charge in [-0.3, -0.25) is 14.4 Å². The molecule has 0 aliphatic carbocycles. The Balaban J connectivity index is 0.000000195. The minimum absolute atomic E-state index is 0.0687. The van der Waals surface area contributed by atoms with Crippen LogP contribution in [0.1, 0.15) is 20.7 Å². The number of hydrogen-bond donors (Lipinski definition) is 3. The molecule has 0 aromatic heterocycles. The van der Waals surface area contributed by atoms with Crippen molar-refractivity contribution in [3.05, 3.63) is 71.8 Å². The lowest BCUT2D eigenvalue weighted by atomic mass is 10.0. The number of morpholine rings is 1. The minimum Gasteiger partial charge on any atom is -0.507 e. The molecule has 0 unspecified atom stereocenters. The molecule has 1 heterocycles. The van der Waals surface area contributed by atoms with Gasteiger partial charge in [-0.05, 0) is 57.9 Å². The maximum absolute atomic E-state index is 12.1. The summed E-state index contributed by atoms with van der Waals surface area (Å²) in [5.41, 5.74) is 0.376. The molecule has 0 bridgehead atoms. The Morgan fingerprint density at radius 3 is 1.68 bits per heavy atom. The highest BCUT2D eigenvalue weighted by Crippen LogP contribution is 2.30. The minimum atomic E-state index is -1.08. The second kappa shape index (κ2) is 13.3. The van der Waals surface area contributed by atoms with Gasteiger partial charge in [-0.1, -0.05) is 24.3 Å². The molecule has 4 aromatic rings. The second-order valence-corrected chi connectivity index (χ2v) is 8.96. The summed E-state index contributed by atoms with van der Waals surface area (Å²) in [6.45, 7) is 1.71. The first-order chi connectivity index (χ1) is 19.8. The zero-order valence-corrected chi connectivity index (χ0v) is 21.8. The molecule has 212 valence electrons. The van der Waals surface area contributed by atoms with Crippen molar-refractivity contribution < 1.29 is 48.7 Å². The molecule has 1 aliphatic rings. The lowest BCUT2D eigenvalue weighted by molar-refractivity contribution is -0.139. The van der Waals surface area contributed by atoms with E-state index in [1.54, 1.807) is 47.4 Å². The largest absolute Gasteiger partial charge is 0.507 e. The van der Waals surface area contributed by atoms with Gasteiger partial charge in [0.05, 0.1) is 24.3 Å². The van der Waals surface area contributed by atoms with Crippen LogP contribution in [-0.2, 0) is 14.3 Å². The van der Waals surface area contributed by atoms with Crippen LogP contribution in [0.3, 0.4) is 0 Å². The number of aliphatic carboxylic acids is 1. The number of rotatable bonds is 8. The van der Waals surface area contributed by atoms with E-state index in [-0.39, 0.29) is 35.1 Å². The summed E-state index contributed by atoms with van der Waals surface area (Å²) >= 11 is 0. The Morgan fingerprint density at radius 2 is 1.22 bits per heavy atom. The summed E-state index contributed by atoms with van der Waals surface area (Å²) in [6, 6.07) is 16.3. The molecular formula is C30H27NO10. The van der Waals surface area contributed by atoms with Gasteiger partial charge in [0.25, 0.3) is 5.91 Å². The average molecular weight is 562 g/mol. The third kappa shape index (κ3) is 7.08. The number of fused-ring (bicyclic) bond motifs is 2. The van der Waals surface area contributed by atoms with Gasteiger partial charge in [0.1, 0.15) is 23.0 Å². The molecule has 1 saturated heterocycles. The lowest BCUT2D eigenvalue weighted by Gasteiger charge is -2.26. The van der Waals surface area contributed by atoms with Crippen molar-refractivity contribution in [2.75, 3.05) is 39.5 Å². The van der Waals surface area contributed by atoms with Gasteiger partial charge < -0.3 is 34.4 Å². The van der Waals surface area contributed by atoms with Crippen molar-refractivity contribution in [2.45, 2.75) is 0 Å². The number of carboxylic acid groups (broad SMARTS) is 1. The molecule has 0 radical (unpaired) electrons. The SMILES string of the molecule is O=Cc1c(O)ccc2ccc(OCC(=O)N3CCOCC3)cc12.O=Cc1c(O)ccc2ccc(OCC(=O)O)cc12. The molecule has 5 rings (SSSR count). The van der Waals surface area contributed by atoms with E-state index >= 15 is 0 Å². The van der Waals surface area contributed by atoms with Crippen molar-refractivity contribution in [1.82, 2.24) is 4.90 Å². The van der Waals surface area contributed by atoms with Crippen LogP contribution in [0.4, 0.5) is 0 Å². The van der Waals surface area contributed by atoms with Gasteiger partial charge in [-0.2, -0.15) is 0 Å². The Morgan fingerprint density at radius 1 is 0.756 bits per heavy atom. The van der Waals surface area contributed by atoms with Crippen LogP contribution in [-0.4, -0.2) is 84.2 Å². The molecular weight excluding hydrogens is 534 g/mol. The fourth-order valence-electron chi connectivity index (χ4n) is 4.24. The van der Waals surface area contributed by atoms with Crippen molar-refractivity contribution in [1.29, 1.82) is 0 Å². The maximum atomic E-state index is 12.1. The predicted octanol–water partition coefficient (Wildman–Crippen LogP) is 3.42. The quantitative estimate of drug-likeness (QED) is 0.272. The molecule has 3 N–H and O–H groups in total. The number of amides is 1. The first-order valence-corrected chi connectivity index (χ1v) is 12.6. The third-order valence-electron chi connectivity index (χ3n) is 6.35. The van der Waals surface area contributed by atoms with E-state index < -0.39 is 12.6 Å². The van der Waals surface area contributed by atoms with Crippen LogP contribution in [0.25, 0.3) is 21.5 Å². The van der Waals surface area contributed by atoms with E-state index in [1.165, 1.54) is 18.2 Å². The molecule has 11 heteroatoms. The highest BCUT2D eigenvalue weighted by atomic mass is 16.5. The Labute approximate surface area is 234 Å². The summed E-state index contributed by atoms with van der Waals surface area (Å²) in [5, 5.41) is 30.5. The number of benzene rings is 4. The summed E-state index contributed by atoms with van der Waals surface area (Å²) in [6.07, 6.45) is 1.17. The van der Waals surface area contributed by atoms with E-state index in [0.29, 0.717) is 61.1 Å². The van der Waals surface area contributed by atoms with Crippen LogP contribution in [0.15, 0.2) is 60.7 Å². The highest BCUT2D eigenvalue weighted by molar-refractivity contribution is 6.02. The lowest BCUT2D eigenvalue weighted by Crippen LogP contribution is -2.42. The van der Waals surface area contributed by atoms with Crippen molar-refractivity contribution >= 4 is 46.0 Å². The Kier molecular flexibility index (Phi) is 9.33. The first kappa shape index (κ1) is 28.8. The molecule has 0 saturated carbocycles. The molecule has 1 aliphatic heterocycles. The third-order valence-corrected chi connectivity index (χ3v) is 6.35. The van der Waals surface area contributed by atoms with Gasteiger partial charge in [-0.25, -0.2) is 4.79 Å². The summed E-state index contributed by atoms with van der Waals surface area (Å²) in [5.74, 6) is -0.560. The Hall–Kier alpha value is -5.16. The zero-order valence-electron chi connectivity index (χ0n) is 21.8. The number of aldehydes is 2. The van der Waals surface area contributed by atoms with E-state index in [4.69, 9.17) is 19.3 Å². The number of carbonyl (C=O) groups excluding carboxylic acids is 3. The van der Waals surface area contributed by atoms with Crippen molar-refractivity contribution in [2.24, 2.45) is 0 Å². The summed E-state index contributed by atoms with van der Waals surface area (Å²) in [7, 11) is 0. The van der Waals surface area contributed by atoms with E-state index in [9.17, 15) is 29.4 Å². The normalized spacial score (nSPS) is 12.7. The summed E-state index contributed by atoms with van der Waals surface area (Å²) < 4.78 is 15.8. The zero-order chi connectivity index (χ0) is 29.4. The molecule has 4 aromatic carbocycles. The van der Waals surface area contributed by atoms with Crippen LogP contribution in [0.5, 0.6) is 23.0 Å². The predicted molar refractivity (Wildman–Crippen MR) is 148 cm³/mol. The van der Waals surface area contributed by atoms with Crippen molar-refractivity contribution in [3.8, 4) is 23.0 Å². The number of phenolic OH excluding ortho intramolecular Hbond substituents is 2. The molecule has 11 nitrogen and oxygen atoms in total. The number of phenols is 2. The standard InChI is InChI=1S/C17H17NO5.C13H10O5/c19-10-15-14-9-13(3-1-12(14)2-4-16(15)20)23-11-17(21)18-5-7-22-8-6-18;14-6-11-10-5-9(18-7-13(16)17)3-1-8(10)2-4-12(11)15/h1-4,9-10,20H,5-8,11H2;1-6,15H,7H2,(H,16,17). The number of carbonyl (C=O) groups is 4. The van der Waals surface area contributed by atoms with Crippen LogP contribution in [0, 0.1) is 0 Å². The molecule has 1 amide bonds. The highest BCUT2D eigenvalue weighted by Gasteiger charge is 2.17. The molecule has 1 fully saturated rings. The van der Waals surface area contributed by atoms with Crippen LogP contribution < -0.4 is 9.47 Å². The molecule has 41 heavy (non-hydrogen) atoms.